The molecule has 0 unspecified atom stereocenters. The number of ether oxygens (including phenoxy) is 1. The second kappa shape index (κ2) is 7.34. The van der Waals surface area contributed by atoms with E-state index in [0.717, 1.165) is 6.54 Å². The van der Waals surface area contributed by atoms with Crippen molar-refractivity contribution in [2.45, 2.75) is 6.92 Å². The molecule has 1 heterocycles. The number of piperazine rings is 1. The highest BCUT2D eigenvalue weighted by atomic mass is 35.5. The number of rotatable bonds is 5. The summed E-state index contributed by atoms with van der Waals surface area (Å²) in [6.45, 7) is 10.2. The van der Waals surface area contributed by atoms with Gasteiger partial charge in [0.15, 0.2) is 0 Å². The summed E-state index contributed by atoms with van der Waals surface area (Å²) in [6.07, 6.45) is 0. The van der Waals surface area contributed by atoms with Gasteiger partial charge in [-0.1, -0.05) is 29.3 Å². The van der Waals surface area contributed by atoms with Crippen molar-refractivity contribution in [3.63, 3.8) is 0 Å². The van der Waals surface area contributed by atoms with Crippen LogP contribution < -0.4 is 14.5 Å². The summed E-state index contributed by atoms with van der Waals surface area (Å²) >= 11 is 12.0. The lowest BCUT2D eigenvalue weighted by molar-refractivity contribution is -1.01. The van der Waals surface area contributed by atoms with Gasteiger partial charge in [-0.15, -0.1) is 0 Å². The molecule has 1 aliphatic heterocycles. The van der Waals surface area contributed by atoms with E-state index in [2.05, 4.69) is 6.92 Å². The molecule has 0 spiro atoms. The Morgan fingerprint density at radius 3 is 2.47 bits per heavy atom. The van der Waals surface area contributed by atoms with Crippen molar-refractivity contribution in [2.24, 2.45) is 0 Å². The Balaban J connectivity index is 1.74. The number of halogens is 2. The van der Waals surface area contributed by atoms with Gasteiger partial charge in [-0.3, -0.25) is 0 Å². The summed E-state index contributed by atoms with van der Waals surface area (Å²) in [5.41, 5.74) is 0. The smallest absolute Gasteiger partial charge is 0.139 e. The van der Waals surface area contributed by atoms with Crippen LogP contribution in [0.2, 0.25) is 10.0 Å². The zero-order valence-electron chi connectivity index (χ0n) is 11.3. The van der Waals surface area contributed by atoms with Crippen LogP contribution in [0.5, 0.6) is 5.75 Å². The Bertz CT molecular complexity index is 406. The average Bonchev–Trinajstić information content (AvgIpc) is 2.44. The van der Waals surface area contributed by atoms with Gasteiger partial charge in [-0.05, 0) is 19.1 Å². The largest absolute Gasteiger partial charge is 0.486 e. The topological polar surface area (TPSA) is 18.1 Å². The first-order valence-electron chi connectivity index (χ1n) is 6.94. The average molecular weight is 305 g/mol. The molecule has 0 amide bonds. The van der Waals surface area contributed by atoms with Gasteiger partial charge in [0.25, 0.3) is 0 Å². The normalized spacial score (nSPS) is 23.3. The van der Waals surface area contributed by atoms with E-state index in [9.17, 15) is 0 Å². The van der Waals surface area contributed by atoms with E-state index in [0.29, 0.717) is 22.4 Å². The zero-order valence-corrected chi connectivity index (χ0v) is 12.9. The molecule has 5 heteroatoms. The summed E-state index contributed by atoms with van der Waals surface area (Å²) in [5.74, 6) is 0.686. The molecule has 19 heavy (non-hydrogen) atoms. The summed E-state index contributed by atoms with van der Waals surface area (Å²) in [4.78, 5) is 3.33. The van der Waals surface area contributed by atoms with Crippen molar-refractivity contribution in [3.05, 3.63) is 28.2 Å². The Morgan fingerprint density at radius 2 is 1.79 bits per heavy atom. The minimum absolute atomic E-state index is 0.513. The van der Waals surface area contributed by atoms with Crippen molar-refractivity contribution in [2.75, 3.05) is 45.9 Å². The van der Waals surface area contributed by atoms with Gasteiger partial charge in [-0.2, -0.15) is 0 Å². The highest BCUT2D eigenvalue weighted by molar-refractivity contribution is 6.42. The number of quaternary nitrogens is 2. The molecule has 0 aromatic heterocycles. The molecule has 0 atom stereocenters. The van der Waals surface area contributed by atoms with E-state index in [1.54, 1.807) is 15.9 Å². The van der Waals surface area contributed by atoms with Crippen molar-refractivity contribution in [1.29, 1.82) is 0 Å². The molecular formula is C14H22Cl2N2O+2. The summed E-state index contributed by atoms with van der Waals surface area (Å²) in [6, 6.07) is 5.50. The third-order valence-corrected chi connectivity index (χ3v) is 4.60. The molecule has 3 nitrogen and oxygen atoms in total. The van der Waals surface area contributed by atoms with E-state index in [1.165, 1.54) is 32.7 Å². The van der Waals surface area contributed by atoms with Gasteiger partial charge >= 0.3 is 0 Å². The van der Waals surface area contributed by atoms with Crippen LogP contribution in [0.1, 0.15) is 6.92 Å². The fourth-order valence-electron chi connectivity index (χ4n) is 2.46. The van der Waals surface area contributed by atoms with Crippen molar-refractivity contribution >= 4 is 23.2 Å². The number of likely N-dealkylation sites (N-methyl/N-ethyl adjacent to an activating group) is 1. The molecule has 0 radical (unpaired) electrons. The SMILES string of the molecule is CC[NH+]1CC[NH+](CCOc2cccc(Cl)c2Cl)CC1. The monoisotopic (exact) mass is 304 g/mol. The standard InChI is InChI=1S/C14H20Cl2N2O/c1-2-17-6-8-18(9-7-17)10-11-19-13-5-3-4-12(15)14(13)16/h3-5H,2,6-11H2,1H3/p+2. The molecule has 1 aliphatic rings. The summed E-state index contributed by atoms with van der Waals surface area (Å²) in [7, 11) is 0. The van der Waals surface area contributed by atoms with Gasteiger partial charge in [0.05, 0.1) is 11.6 Å². The van der Waals surface area contributed by atoms with E-state index >= 15 is 0 Å². The van der Waals surface area contributed by atoms with Crippen molar-refractivity contribution in [3.8, 4) is 5.75 Å². The summed E-state index contributed by atoms with van der Waals surface area (Å²) < 4.78 is 5.73. The predicted octanol–water partition coefficient (Wildman–Crippen LogP) is 0.176. The van der Waals surface area contributed by atoms with Crippen LogP contribution in [-0.4, -0.2) is 45.9 Å². The first-order valence-corrected chi connectivity index (χ1v) is 7.70. The Morgan fingerprint density at radius 1 is 1.11 bits per heavy atom. The molecule has 1 saturated heterocycles. The molecule has 2 rings (SSSR count). The Labute approximate surface area is 125 Å². The molecule has 1 aromatic carbocycles. The molecule has 0 bridgehead atoms. The van der Waals surface area contributed by atoms with Crippen LogP contribution in [0, 0.1) is 0 Å². The third-order valence-electron chi connectivity index (χ3n) is 3.79. The highest BCUT2D eigenvalue weighted by Crippen LogP contribution is 2.31. The third kappa shape index (κ3) is 4.25. The van der Waals surface area contributed by atoms with E-state index in [1.807, 2.05) is 12.1 Å². The van der Waals surface area contributed by atoms with Gasteiger partial charge in [0.2, 0.25) is 0 Å². The number of hydrogen-bond donors (Lipinski definition) is 2. The molecule has 0 aliphatic carbocycles. The van der Waals surface area contributed by atoms with Crippen LogP contribution in [-0.2, 0) is 0 Å². The first-order chi connectivity index (χ1) is 9.20. The van der Waals surface area contributed by atoms with Gasteiger partial charge in [0.1, 0.15) is 50.1 Å². The summed E-state index contributed by atoms with van der Waals surface area (Å²) in [5, 5.41) is 1.06. The lowest BCUT2D eigenvalue weighted by atomic mass is 10.3. The highest BCUT2D eigenvalue weighted by Gasteiger charge is 2.21. The van der Waals surface area contributed by atoms with Gasteiger partial charge in [-0.25, -0.2) is 0 Å². The maximum Gasteiger partial charge on any atom is 0.139 e. The van der Waals surface area contributed by atoms with Crippen LogP contribution in [0.4, 0.5) is 0 Å². The lowest BCUT2D eigenvalue weighted by Gasteiger charge is -2.28. The van der Waals surface area contributed by atoms with Crippen molar-refractivity contribution < 1.29 is 14.5 Å². The van der Waals surface area contributed by atoms with Crippen LogP contribution in [0.15, 0.2) is 18.2 Å². The maximum absolute atomic E-state index is 6.09. The Hall–Kier alpha value is -0.480. The van der Waals surface area contributed by atoms with E-state index < -0.39 is 0 Å². The van der Waals surface area contributed by atoms with Crippen LogP contribution in [0.25, 0.3) is 0 Å². The van der Waals surface area contributed by atoms with Gasteiger partial charge in [0, 0.05) is 0 Å². The number of hydrogen-bond acceptors (Lipinski definition) is 1. The Kier molecular flexibility index (Phi) is 5.76. The fraction of sp³-hybridized carbons (Fsp3) is 0.571. The van der Waals surface area contributed by atoms with Crippen LogP contribution >= 0.6 is 23.2 Å². The van der Waals surface area contributed by atoms with Crippen LogP contribution in [0.3, 0.4) is 0 Å². The quantitative estimate of drug-likeness (QED) is 0.794. The minimum atomic E-state index is 0.513. The number of nitrogens with one attached hydrogen (secondary N) is 2. The van der Waals surface area contributed by atoms with Crippen molar-refractivity contribution in [1.82, 2.24) is 0 Å². The maximum atomic E-state index is 6.09. The lowest BCUT2D eigenvalue weighted by Crippen LogP contribution is -3.28. The molecule has 106 valence electrons. The molecular weight excluding hydrogens is 283 g/mol. The number of benzene rings is 1. The molecule has 2 N–H and O–H groups in total. The minimum Gasteiger partial charge on any atom is -0.486 e. The molecule has 0 saturated carbocycles. The van der Waals surface area contributed by atoms with Gasteiger partial charge < -0.3 is 14.5 Å². The second-order valence-corrected chi connectivity index (χ2v) is 5.79. The molecule has 1 aromatic rings. The first kappa shape index (κ1) is 14.9. The zero-order chi connectivity index (χ0) is 13.7. The predicted molar refractivity (Wildman–Crippen MR) is 78.8 cm³/mol. The molecule has 1 fully saturated rings. The van der Waals surface area contributed by atoms with E-state index in [-0.39, 0.29) is 0 Å². The fourth-order valence-corrected chi connectivity index (χ4v) is 2.81. The van der Waals surface area contributed by atoms with E-state index in [4.69, 9.17) is 27.9 Å². The second-order valence-electron chi connectivity index (χ2n) is 5.00.